The third-order valence-electron chi connectivity index (χ3n) is 3.41. The first-order valence-electron chi connectivity index (χ1n) is 7.78. The normalized spacial score (nSPS) is 11.2. The molecule has 2 rings (SSSR count). The van der Waals surface area contributed by atoms with Crippen LogP contribution in [0.3, 0.4) is 0 Å². The monoisotopic (exact) mass is 344 g/mol. The lowest BCUT2D eigenvalue weighted by atomic mass is 10.1. The van der Waals surface area contributed by atoms with E-state index in [2.05, 4.69) is 28.6 Å². The van der Waals surface area contributed by atoms with Crippen LogP contribution in [-0.4, -0.2) is 25.0 Å². The number of rotatable bonds is 6. The average molecular weight is 345 g/mol. The Balaban J connectivity index is 1.81. The van der Waals surface area contributed by atoms with E-state index in [4.69, 9.17) is 17.3 Å². The molecule has 0 spiro atoms. The van der Waals surface area contributed by atoms with Crippen LogP contribution in [0, 0.1) is 0 Å². The smallest absolute Gasteiger partial charge is 0.252 e. The number of nitrogens with two attached hydrogens (primary N) is 1. The van der Waals surface area contributed by atoms with E-state index in [-0.39, 0.29) is 5.91 Å². The summed E-state index contributed by atoms with van der Waals surface area (Å²) in [4.78, 5) is 16.2. The van der Waals surface area contributed by atoms with Crippen LogP contribution in [0.15, 0.2) is 53.5 Å². The molecule has 0 aromatic heterocycles. The van der Waals surface area contributed by atoms with Crippen molar-refractivity contribution in [3.63, 3.8) is 0 Å². The van der Waals surface area contributed by atoms with Crippen molar-refractivity contribution in [3.8, 4) is 0 Å². The molecule has 0 fully saturated rings. The van der Waals surface area contributed by atoms with E-state index in [0.29, 0.717) is 29.6 Å². The Hall–Kier alpha value is -2.53. The summed E-state index contributed by atoms with van der Waals surface area (Å²) < 4.78 is 0. The lowest BCUT2D eigenvalue weighted by Crippen LogP contribution is -2.28. The van der Waals surface area contributed by atoms with Crippen molar-refractivity contribution in [1.82, 2.24) is 5.32 Å². The number of anilines is 1. The number of aliphatic imine (C=N–C) groups is 1. The van der Waals surface area contributed by atoms with Gasteiger partial charge < -0.3 is 16.4 Å². The molecule has 24 heavy (non-hydrogen) atoms. The molecular formula is C18H21ClN4O. The van der Waals surface area contributed by atoms with Gasteiger partial charge in [-0.1, -0.05) is 42.8 Å². The highest BCUT2D eigenvalue weighted by Gasteiger charge is 2.08. The van der Waals surface area contributed by atoms with E-state index in [1.54, 1.807) is 24.3 Å². The second-order valence-corrected chi connectivity index (χ2v) is 5.59. The second-order valence-electron chi connectivity index (χ2n) is 5.18. The summed E-state index contributed by atoms with van der Waals surface area (Å²) >= 11 is 5.98. The molecule has 0 radical (unpaired) electrons. The first-order valence-corrected chi connectivity index (χ1v) is 8.16. The molecule has 2 aromatic carbocycles. The second kappa shape index (κ2) is 8.93. The number of carbonyl (C=O) groups excluding carboxylic acids is 1. The zero-order valence-corrected chi connectivity index (χ0v) is 14.3. The van der Waals surface area contributed by atoms with E-state index < -0.39 is 0 Å². The Bertz CT molecular complexity index is 730. The van der Waals surface area contributed by atoms with Crippen LogP contribution < -0.4 is 16.4 Å². The Morgan fingerprint density at radius 2 is 2.00 bits per heavy atom. The molecule has 0 saturated heterocycles. The minimum atomic E-state index is -0.224. The summed E-state index contributed by atoms with van der Waals surface area (Å²) in [6, 6.07) is 14.9. The largest absolute Gasteiger partial charge is 0.370 e. The van der Waals surface area contributed by atoms with E-state index in [9.17, 15) is 4.79 Å². The van der Waals surface area contributed by atoms with Crippen molar-refractivity contribution in [2.45, 2.75) is 13.3 Å². The van der Waals surface area contributed by atoms with Gasteiger partial charge in [-0.15, -0.1) is 0 Å². The van der Waals surface area contributed by atoms with Gasteiger partial charge in [0.05, 0.1) is 17.1 Å². The van der Waals surface area contributed by atoms with Gasteiger partial charge in [0.25, 0.3) is 5.91 Å². The third kappa shape index (κ3) is 5.28. The van der Waals surface area contributed by atoms with Crippen LogP contribution in [0.5, 0.6) is 0 Å². The Labute approximate surface area is 146 Å². The molecule has 0 saturated carbocycles. The molecule has 0 aliphatic carbocycles. The predicted octanol–water partition coefficient (Wildman–Crippen LogP) is 3.06. The molecule has 0 heterocycles. The highest BCUT2D eigenvalue weighted by molar-refractivity contribution is 6.33. The molecule has 4 N–H and O–H groups in total. The zero-order valence-electron chi connectivity index (χ0n) is 13.6. The number of amides is 1. The van der Waals surface area contributed by atoms with E-state index in [1.807, 2.05) is 18.2 Å². The van der Waals surface area contributed by atoms with Crippen molar-refractivity contribution in [2.24, 2.45) is 10.7 Å². The number of aryl methyl sites for hydroxylation is 1. The van der Waals surface area contributed by atoms with Gasteiger partial charge in [0.2, 0.25) is 0 Å². The van der Waals surface area contributed by atoms with E-state index in [1.165, 1.54) is 5.56 Å². The van der Waals surface area contributed by atoms with Gasteiger partial charge in [0.1, 0.15) is 0 Å². The molecule has 2 aromatic rings. The Kier molecular flexibility index (Phi) is 6.63. The molecule has 0 aliphatic rings. The van der Waals surface area contributed by atoms with E-state index in [0.717, 1.165) is 12.1 Å². The van der Waals surface area contributed by atoms with Crippen LogP contribution in [-0.2, 0) is 6.42 Å². The molecule has 0 aliphatic heterocycles. The van der Waals surface area contributed by atoms with Crippen molar-refractivity contribution in [2.75, 3.05) is 18.4 Å². The van der Waals surface area contributed by atoms with Crippen LogP contribution >= 0.6 is 11.6 Å². The number of hydrogen-bond acceptors (Lipinski definition) is 2. The number of guanidine groups is 1. The Morgan fingerprint density at radius 1 is 1.21 bits per heavy atom. The molecule has 0 atom stereocenters. The number of nitrogens with zero attached hydrogens (tertiary/aromatic N) is 1. The maximum absolute atomic E-state index is 12.0. The van der Waals surface area contributed by atoms with Gasteiger partial charge in [0.15, 0.2) is 5.96 Å². The summed E-state index contributed by atoms with van der Waals surface area (Å²) in [5.74, 6) is 0.0909. The maximum Gasteiger partial charge on any atom is 0.252 e. The van der Waals surface area contributed by atoms with Crippen molar-refractivity contribution < 1.29 is 4.79 Å². The fraction of sp³-hybridized carbons (Fsp3) is 0.222. The number of carbonyl (C=O) groups is 1. The molecule has 5 nitrogen and oxygen atoms in total. The minimum Gasteiger partial charge on any atom is -0.370 e. The third-order valence-corrected chi connectivity index (χ3v) is 3.74. The standard InChI is InChI=1S/C18H21ClN4O/c1-2-13-6-5-7-14(12-13)23-18(20)22-11-10-21-17(24)15-8-3-4-9-16(15)19/h3-9,12H,2,10-11H2,1H3,(H,21,24)(H3,20,22,23). The molecule has 1 amide bonds. The SMILES string of the molecule is CCc1cccc(NC(N)=NCCNC(=O)c2ccccc2Cl)c1. The van der Waals surface area contributed by atoms with Gasteiger partial charge in [-0.05, 0) is 36.2 Å². The average Bonchev–Trinajstić information content (AvgIpc) is 2.59. The van der Waals surface area contributed by atoms with E-state index >= 15 is 0 Å². The number of hydrogen-bond donors (Lipinski definition) is 3. The molecule has 6 heteroatoms. The topological polar surface area (TPSA) is 79.5 Å². The van der Waals surface area contributed by atoms with Gasteiger partial charge in [0, 0.05) is 12.2 Å². The van der Waals surface area contributed by atoms with Crippen LogP contribution in [0.25, 0.3) is 0 Å². The first kappa shape index (κ1) is 17.8. The van der Waals surface area contributed by atoms with Gasteiger partial charge in [-0.25, -0.2) is 0 Å². The summed E-state index contributed by atoms with van der Waals surface area (Å²) in [5.41, 5.74) is 8.42. The van der Waals surface area contributed by atoms with Gasteiger partial charge in [-0.2, -0.15) is 0 Å². The number of benzene rings is 2. The van der Waals surface area contributed by atoms with Crippen molar-refractivity contribution in [1.29, 1.82) is 0 Å². The van der Waals surface area contributed by atoms with Gasteiger partial charge >= 0.3 is 0 Å². The number of nitrogens with one attached hydrogen (secondary N) is 2. The van der Waals surface area contributed by atoms with Crippen molar-refractivity contribution >= 4 is 29.2 Å². The summed E-state index contributed by atoms with van der Waals surface area (Å²) in [6.07, 6.45) is 0.959. The molecule has 126 valence electrons. The predicted molar refractivity (Wildman–Crippen MR) is 99.7 cm³/mol. The molecule has 0 unspecified atom stereocenters. The summed E-state index contributed by atoms with van der Waals surface area (Å²) in [6.45, 7) is 2.85. The minimum absolute atomic E-state index is 0.224. The van der Waals surface area contributed by atoms with Crippen LogP contribution in [0.4, 0.5) is 5.69 Å². The maximum atomic E-state index is 12.0. The quantitative estimate of drug-likeness (QED) is 0.428. The summed E-state index contributed by atoms with van der Waals surface area (Å²) in [5, 5.41) is 6.23. The highest BCUT2D eigenvalue weighted by atomic mass is 35.5. The lowest BCUT2D eigenvalue weighted by molar-refractivity contribution is 0.0955. The number of halogens is 1. The van der Waals surface area contributed by atoms with Crippen molar-refractivity contribution in [3.05, 3.63) is 64.7 Å². The van der Waals surface area contributed by atoms with Gasteiger partial charge in [-0.3, -0.25) is 9.79 Å². The highest BCUT2D eigenvalue weighted by Crippen LogP contribution is 2.14. The Morgan fingerprint density at radius 3 is 2.75 bits per heavy atom. The fourth-order valence-corrected chi connectivity index (χ4v) is 2.36. The fourth-order valence-electron chi connectivity index (χ4n) is 2.14. The molecular weight excluding hydrogens is 324 g/mol. The van der Waals surface area contributed by atoms with Crippen LogP contribution in [0.1, 0.15) is 22.8 Å². The lowest BCUT2D eigenvalue weighted by Gasteiger charge is -2.08. The zero-order chi connectivity index (χ0) is 17.4. The van der Waals surface area contributed by atoms with Crippen LogP contribution in [0.2, 0.25) is 5.02 Å². The first-order chi connectivity index (χ1) is 11.6. The molecule has 0 bridgehead atoms. The summed E-state index contributed by atoms with van der Waals surface area (Å²) in [7, 11) is 0.